The Labute approximate surface area is 139 Å². The third-order valence-corrected chi connectivity index (χ3v) is 3.62. The van der Waals surface area contributed by atoms with E-state index in [9.17, 15) is 14.9 Å². The van der Waals surface area contributed by atoms with Crippen molar-refractivity contribution in [1.29, 1.82) is 5.26 Å². The Balaban J connectivity index is 2.31. The summed E-state index contributed by atoms with van der Waals surface area (Å²) in [6.45, 7) is 3.89. The Kier molecular flexibility index (Phi) is 5.13. The predicted octanol–water partition coefficient (Wildman–Crippen LogP) is 3.55. The summed E-state index contributed by atoms with van der Waals surface area (Å²) in [7, 11) is 0. The van der Waals surface area contributed by atoms with Gasteiger partial charge in [0, 0.05) is 5.69 Å². The van der Waals surface area contributed by atoms with E-state index < -0.39 is 11.9 Å². The molecule has 0 radical (unpaired) electrons. The number of carbonyl (C=O) groups excluding carboxylic acids is 1. The Morgan fingerprint density at radius 2 is 1.83 bits per heavy atom. The van der Waals surface area contributed by atoms with E-state index >= 15 is 0 Å². The van der Waals surface area contributed by atoms with Gasteiger partial charge >= 0.3 is 5.97 Å². The van der Waals surface area contributed by atoms with Crippen LogP contribution in [0.1, 0.15) is 27.0 Å². The summed E-state index contributed by atoms with van der Waals surface area (Å²) in [5.74, 6) is -1.70. The van der Waals surface area contributed by atoms with Crippen LogP contribution in [0.25, 0.3) is 6.08 Å². The minimum absolute atomic E-state index is 0.0317. The van der Waals surface area contributed by atoms with Crippen LogP contribution in [-0.2, 0) is 4.79 Å². The fourth-order valence-electron chi connectivity index (χ4n) is 2.14. The van der Waals surface area contributed by atoms with Crippen molar-refractivity contribution in [2.24, 2.45) is 0 Å². The molecular weight excluding hydrogens is 304 g/mol. The van der Waals surface area contributed by atoms with Crippen LogP contribution in [0.2, 0.25) is 0 Å². The van der Waals surface area contributed by atoms with Crippen LogP contribution < -0.4 is 5.32 Å². The van der Waals surface area contributed by atoms with Gasteiger partial charge in [-0.15, -0.1) is 0 Å². The first-order chi connectivity index (χ1) is 11.4. The van der Waals surface area contributed by atoms with Gasteiger partial charge < -0.3 is 10.4 Å². The van der Waals surface area contributed by atoms with E-state index in [1.54, 1.807) is 24.3 Å². The molecule has 2 N–H and O–H groups in total. The van der Waals surface area contributed by atoms with Gasteiger partial charge in [-0.3, -0.25) is 4.79 Å². The third kappa shape index (κ3) is 3.87. The summed E-state index contributed by atoms with van der Waals surface area (Å²) >= 11 is 0. The third-order valence-electron chi connectivity index (χ3n) is 3.62. The Bertz CT molecular complexity index is 876. The van der Waals surface area contributed by atoms with E-state index in [1.165, 1.54) is 12.1 Å². The van der Waals surface area contributed by atoms with Crippen LogP contribution in [0.3, 0.4) is 0 Å². The lowest BCUT2D eigenvalue weighted by Gasteiger charge is -2.07. The minimum atomic E-state index is -1.12. The second-order valence-electron chi connectivity index (χ2n) is 5.32. The SMILES string of the molecule is Cc1ccc(NC(=O)/C(C#N)=C\c2ccccc2C(=O)O)cc1C. The number of nitriles is 1. The maximum atomic E-state index is 12.3. The number of amides is 1. The van der Waals surface area contributed by atoms with E-state index in [1.807, 2.05) is 32.0 Å². The van der Waals surface area contributed by atoms with Crippen molar-refractivity contribution in [3.05, 3.63) is 70.3 Å². The van der Waals surface area contributed by atoms with Gasteiger partial charge in [0.25, 0.3) is 5.91 Å². The number of hydrogen-bond acceptors (Lipinski definition) is 3. The molecule has 0 aliphatic carbocycles. The summed E-state index contributed by atoms with van der Waals surface area (Å²) in [5, 5.41) is 21.1. The number of anilines is 1. The number of hydrogen-bond donors (Lipinski definition) is 2. The molecule has 5 heteroatoms. The van der Waals surface area contributed by atoms with Gasteiger partial charge in [0.05, 0.1) is 5.56 Å². The van der Waals surface area contributed by atoms with Gasteiger partial charge in [0.2, 0.25) is 0 Å². The Hall–Kier alpha value is -3.39. The molecule has 0 saturated carbocycles. The molecule has 1 amide bonds. The molecule has 24 heavy (non-hydrogen) atoms. The highest BCUT2D eigenvalue weighted by molar-refractivity contribution is 6.10. The first kappa shape index (κ1) is 17.0. The molecule has 2 rings (SSSR count). The molecule has 0 aliphatic rings. The number of benzene rings is 2. The lowest BCUT2D eigenvalue weighted by Crippen LogP contribution is -2.14. The number of aromatic carboxylic acids is 1. The zero-order chi connectivity index (χ0) is 17.7. The minimum Gasteiger partial charge on any atom is -0.478 e. The second-order valence-corrected chi connectivity index (χ2v) is 5.32. The number of carboxylic acids is 1. The van der Waals surface area contributed by atoms with E-state index in [0.29, 0.717) is 11.3 Å². The van der Waals surface area contributed by atoms with Crippen molar-refractivity contribution in [3.8, 4) is 6.07 Å². The van der Waals surface area contributed by atoms with Crippen molar-refractivity contribution in [2.45, 2.75) is 13.8 Å². The zero-order valence-electron chi connectivity index (χ0n) is 13.3. The van der Waals surface area contributed by atoms with Gasteiger partial charge in [-0.1, -0.05) is 24.3 Å². The van der Waals surface area contributed by atoms with Crippen molar-refractivity contribution in [1.82, 2.24) is 0 Å². The average molecular weight is 320 g/mol. The summed E-state index contributed by atoms with van der Waals surface area (Å²) in [5.41, 5.74) is 2.87. The van der Waals surface area contributed by atoms with Crippen LogP contribution in [0, 0.1) is 25.2 Å². The molecule has 0 fully saturated rings. The summed E-state index contributed by atoms with van der Waals surface area (Å²) < 4.78 is 0. The monoisotopic (exact) mass is 320 g/mol. The average Bonchev–Trinajstić information content (AvgIpc) is 2.56. The molecule has 2 aromatic carbocycles. The van der Waals surface area contributed by atoms with Crippen LogP contribution in [0.15, 0.2) is 48.0 Å². The van der Waals surface area contributed by atoms with Crippen LogP contribution in [0.5, 0.6) is 0 Å². The van der Waals surface area contributed by atoms with Crippen LogP contribution >= 0.6 is 0 Å². The second kappa shape index (κ2) is 7.25. The summed E-state index contributed by atoms with van der Waals surface area (Å²) in [6, 6.07) is 13.5. The number of nitrogens with zero attached hydrogens (tertiary/aromatic N) is 1. The number of carbonyl (C=O) groups is 2. The standard InChI is InChI=1S/C19H16N2O3/c1-12-7-8-16(9-13(12)2)21-18(22)15(11-20)10-14-5-3-4-6-17(14)19(23)24/h3-10H,1-2H3,(H,21,22)(H,23,24)/b15-10-. The van der Waals surface area contributed by atoms with Crippen molar-refractivity contribution < 1.29 is 14.7 Å². The molecule has 120 valence electrons. The maximum absolute atomic E-state index is 12.3. The molecule has 0 saturated heterocycles. The smallest absolute Gasteiger partial charge is 0.336 e. The maximum Gasteiger partial charge on any atom is 0.336 e. The molecule has 0 heterocycles. The molecule has 0 spiro atoms. The summed E-state index contributed by atoms with van der Waals surface area (Å²) in [4.78, 5) is 23.5. The van der Waals surface area contributed by atoms with Gasteiger partial charge in [0.1, 0.15) is 11.6 Å². The highest BCUT2D eigenvalue weighted by Gasteiger charge is 2.13. The molecule has 0 atom stereocenters. The Morgan fingerprint density at radius 3 is 2.46 bits per heavy atom. The molecular formula is C19H16N2O3. The molecule has 0 aromatic heterocycles. The summed E-state index contributed by atoms with van der Waals surface area (Å²) in [6.07, 6.45) is 1.28. The van der Waals surface area contributed by atoms with E-state index in [0.717, 1.165) is 11.1 Å². The topological polar surface area (TPSA) is 90.2 Å². The van der Waals surface area contributed by atoms with E-state index in [2.05, 4.69) is 5.32 Å². The van der Waals surface area contributed by atoms with Crippen LogP contribution in [-0.4, -0.2) is 17.0 Å². The largest absolute Gasteiger partial charge is 0.478 e. The fourth-order valence-corrected chi connectivity index (χ4v) is 2.14. The van der Waals surface area contributed by atoms with Crippen molar-refractivity contribution in [3.63, 3.8) is 0 Å². The number of rotatable bonds is 4. The number of carboxylic acid groups (broad SMARTS) is 1. The number of aryl methyl sites for hydroxylation is 2. The van der Waals surface area contributed by atoms with E-state index in [4.69, 9.17) is 5.11 Å². The number of nitrogens with one attached hydrogen (secondary N) is 1. The van der Waals surface area contributed by atoms with E-state index in [-0.39, 0.29) is 11.1 Å². The van der Waals surface area contributed by atoms with Gasteiger partial charge in [-0.25, -0.2) is 4.79 Å². The highest BCUT2D eigenvalue weighted by atomic mass is 16.4. The molecule has 0 bridgehead atoms. The van der Waals surface area contributed by atoms with Gasteiger partial charge in [-0.2, -0.15) is 5.26 Å². The normalized spacial score (nSPS) is 10.8. The van der Waals surface area contributed by atoms with Crippen molar-refractivity contribution in [2.75, 3.05) is 5.32 Å². The quantitative estimate of drug-likeness (QED) is 0.666. The van der Waals surface area contributed by atoms with Crippen molar-refractivity contribution >= 4 is 23.6 Å². The molecule has 2 aromatic rings. The Morgan fingerprint density at radius 1 is 1.12 bits per heavy atom. The lowest BCUT2D eigenvalue weighted by molar-refractivity contribution is -0.112. The first-order valence-corrected chi connectivity index (χ1v) is 7.25. The first-order valence-electron chi connectivity index (χ1n) is 7.25. The van der Waals surface area contributed by atoms with Crippen LogP contribution in [0.4, 0.5) is 5.69 Å². The zero-order valence-corrected chi connectivity index (χ0v) is 13.3. The van der Waals surface area contributed by atoms with Gasteiger partial charge in [-0.05, 0) is 54.8 Å². The molecule has 5 nitrogen and oxygen atoms in total. The lowest BCUT2D eigenvalue weighted by atomic mass is 10.0. The highest BCUT2D eigenvalue weighted by Crippen LogP contribution is 2.17. The predicted molar refractivity (Wildman–Crippen MR) is 91.5 cm³/mol. The molecule has 0 aliphatic heterocycles. The van der Waals surface area contributed by atoms with Gasteiger partial charge in [0.15, 0.2) is 0 Å². The molecule has 0 unspecified atom stereocenters. The fraction of sp³-hybridized carbons (Fsp3) is 0.105.